The van der Waals surface area contributed by atoms with Crippen molar-refractivity contribution >= 4 is 11.6 Å². The normalized spacial score (nSPS) is 10.5. The van der Waals surface area contributed by atoms with Crippen molar-refractivity contribution in [2.45, 2.75) is 13.2 Å². The van der Waals surface area contributed by atoms with Gasteiger partial charge in [-0.2, -0.15) is 4.98 Å². The van der Waals surface area contributed by atoms with Crippen LogP contribution in [0.5, 0.6) is 11.6 Å². The van der Waals surface area contributed by atoms with E-state index in [2.05, 4.69) is 9.97 Å². The zero-order chi connectivity index (χ0) is 13.7. The molecule has 0 saturated heterocycles. The maximum atomic E-state index is 9.23. The summed E-state index contributed by atoms with van der Waals surface area (Å²) in [4.78, 5) is 8.18. The standard InChI is InChI=1S/C13H13ClN2O3/c1-18-8-12-15-11(14)6-13(16-12)19-10-5-3-2-4-9(10)7-17/h2-6,17H,7-8H2,1H3. The number of aliphatic hydroxyl groups excluding tert-OH is 1. The smallest absolute Gasteiger partial charge is 0.224 e. The number of hydrogen-bond donors (Lipinski definition) is 1. The van der Waals surface area contributed by atoms with Crippen LogP contribution in [0.3, 0.4) is 0 Å². The van der Waals surface area contributed by atoms with Crippen LogP contribution in [0, 0.1) is 0 Å². The van der Waals surface area contributed by atoms with Crippen molar-refractivity contribution in [3.05, 3.63) is 46.9 Å². The van der Waals surface area contributed by atoms with Crippen molar-refractivity contribution < 1.29 is 14.6 Å². The van der Waals surface area contributed by atoms with Crippen molar-refractivity contribution in [2.75, 3.05) is 7.11 Å². The maximum absolute atomic E-state index is 9.23. The molecule has 0 aliphatic carbocycles. The van der Waals surface area contributed by atoms with E-state index in [4.69, 9.17) is 21.1 Å². The Hall–Kier alpha value is -1.69. The molecule has 0 saturated carbocycles. The molecule has 6 heteroatoms. The number of rotatable bonds is 5. The monoisotopic (exact) mass is 280 g/mol. The summed E-state index contributed by atoms with van der Waals surface area (Å²) in [5.41, 5.74) is 0.672. The minimum absolute atomic E-state index is 0.111. The number of methoxy groups -OCH3 is 1. The molecule has 1 heterocycles. The van der Waals surface area contributed by atoms with Crippen LogP contribution in [0.25, 0.3) is 0 Å². The lowest BCUT2D eigenvalue weighted by molar-refractivity contribution is 0.177. The second-order valence-electron chi connectivity index (χ2n) is 3.75. The third kappa shape index (κ3) is 3.64. The highest BCUT2D eigenvalue weighted by molar-refractivity contribution is 6.29. The van der Waals surface area contributed by atoms with Gasteiger partial charge >= 0.3 is 0 Å². The van der Waals surface area contributed by atoms with Gasteiger partial charge in [0, 0.05) is 18.7 Å². The van der Waals surface area contributed by atoms with Crippen molar-refractivity contribution in [1.82, 2.24) is 9.97 Å². The van der Waals surface area contributed by atoms with Gasteiger partial charge in [0.25, 0.3) is 0 Å². The summed E-state index contributed by atoms with van der Waals surface area (Å²) < 4.78 is 10.6. The van der Waals surface area contributed by atoms with Crippen LogP contribution in [0.15, 0.2) is 30.3 Å². The molecule has 5 nitrogen and oxygen atoms in total. The van der Waals surface area contributed by atoms with E-state index >= 15 is 0 Å². The van der Waals surface area contributed by atoms with Crippen molar-refractivity contribution in [3.8, 4) is 11.6 Å². The van der Waals surface area contributed by atoms with Crippen LogP contribution in [0.1, 0.15) is 11.4 Å². The Bertz CT molecular complexity index is 563. The van der Waals surface area contributed by atoms with Gasteiger partial charge in [0.1, 0.15) is 17.5 Å². The molecule has 19 heavy (non-hydrogen) atoms. The average molecular weight is 281 g/mol. The summed E-state index contributed by atoms with van der Waals surface area (Å²) in [6, 6.07) is 8.66. The summed E-state index contributed by atoms with van der Waals surface area (Å²) in [6.07, 6.45) is 0. The largest absolute Gasteiger partial charge is 0.438 e. The van der Waals surface area contributed by atoms with Crippen LogP contribution in [0.4, 0.5) is 0 Å². The van der Waals surface area contributed by atoms with Crippen molar-refractivity contribution in [2.24, 2.45) is 0 Å². The first-order valence-corrected chi connectivity index (χ1v) is 5.99. The fraction of sp³-hybridized carbons (Fsp3) is 0.231. The highest BCUT2D eigenvalue weighted by atomic mass is 35.5. The Balaban J connectivity index is 2.27. The summed E-state index contributed by atoms with van der Waals surface area (Å²) in [6.45, 7) is 0.137. The number of halogens is 1. The quantitative estimate of drug-likeness (QED) is 0.853. The molecule has 0 aliphatic rings. The number of para-hydroxylation sites is 1. The van der Waals surface area contributed by atoms with Gasteiger partial charge in [-0.05, 0) is 6.07 Å². The molecule has 2 rings (SSSR count). The number of ether oxygens (including phenoxy) is 2. The molecule has 0 aliphatic heterocycles. The molecular formula is C13H13ClN2O3. The molecule has 100 valence electrons. The Morgan fingerprint density at radius 1 is 1.26 bits per heavy atom. The lowest BCUT2D eigenvalue weighted by Crippen LogP contribution is -2.00. The zero-order valence-corrected chi connectivity index (χ0v) is 11.1. The molecule has 0 radical (unpaired) electrons. The Kier molecular flexibility index (Phi) is 4.68. The zero-order valence-electron chi connectivity index (χ0n) is 10.3. The van der Waals surface area contributed by atoms with E-state index in [-0.39, 0.29) is 18.4 Å². The summed E-state index contributed by atoms with van der Waals surface area (Å²) in [7, 11) is 1.55. The molecule has 0 atom stereocenters. The molecule has 1 N–H and O–H groups in total. The first-order valence-electron chi connectivity index (χ1n) is 5.62. The van der Waals surface area contributed by atoms with E-state index in [0.717, 1.165) is 0 Å². The van der Waals surface area contributed by atoms with Gasteiger partial charge < -0.3 is 14.6 Å². The predicted molar refractivity (Wildman–Crippen MR) is 70.2 cm³/mol. The molecule has 0 fully saturated rings. The van der Waals surface area contributed by atoms with Crippen LogP contribution in [-0.2, 0) is 18.0 Å². The molecule has 1 aromatic heterocycles. The van der Waals surface area contributed by atoms with E-state index in [0.29, 0.717) is 23.0 Å². The Labute approximate surface area is 115 Å². The molecule has 0 bridgehead atoms. The summed E-state index contributed by atoms with van der Waals surface area (Å²) >= 11 is 5.89. The highest BCUT2D eigenvalue weighted by Gasteiger charge is 2.08. The SMILES string of the molecule is COCc1nc(Cl)cc(Oc2ccccc2CO)n1. The Morgan fingerprint density at radius 2 is 2.05 bits per heavy atom. The lowest BCUT2D eigenvalue weighted by Gasteiger charge is -2.09. The molecular weight excluding hydrogens is 268 g/mol. The van der Waals surface area contributed by atoms with Gasteiger partial charge in [0.15, 0.2) is 5.82 Å². The van der Waals surface area contributed by atoms with Gasteiger partial charge in [-0.15, -0.1) is 0 Å². The van der Waals surface area contributed by atoms with E-state index in [1.807, 2.05) is 12.1 Å². The topological polar surface area (TPSA) is 64.5 Å². The third-order valence-electron chi connectivity index (χ3n) is 2.35. The van der Waals surface area contributed by atoms with Gasteiger partial charge in [-0.3, -0.25) is 0 Å². The number of hydrogen-bond acceptors (Lipinski definition) is 5. The predicted octanol–water partition coefficient (Wildman–Crippen LogP) is 2.56. The van der Waals surface area contributed by atoms with Crippen LogP contribution >= 0.6 is 11.6 Å². The third-order valence-corrected chi connectivity index (χ3v) is 2.54. The maximum Gasteiger partial charge on any atom is 0.224 e. The van der Waals surface area contributed by atoms with E-state index < -0.39 is 0 Å². The number of aliphatic hydroxyl groups is 1. The van der Waals surface area contributed by atoms with Crippen molar-refractivity contribution in [3.63, 3.8) is 0 Å². The summed E-state index contributed by atoms with van der Waals surface area (Å²) in [5.74, 6) is 1.28. The van der Waals surface area contributed by atoms with Crippen molar-refractivity contribution in [1.29, 1.82) is 0 Å². The lowest BCUT2D eigenvalue weighted by atomic mass is 10.2. The molecule has 1 aromatic carbocycles. The second kappa shape index (κ2) is 6.47. The fourth-order valence-electron chi connectivity index (χ4n) is 1.53. The van der Waals surface area contributed by atoms with E-state index in [9.17, 15) is 5.11 Å². The number of benzene rings is 1. The van der Waals surface area contributed by atoms with Gasteiger partial charge in [-0.1, -0.05) is 29.8 Å². The highest BCUT2D eigenvalue weighted by Crippen LogP contribution is 2.25. The first-order chi connectivity index (χ1) is 9.22. The van der Waals surface area contributed by atoms with Gasteiger partial charge in [0.05, 0.1) is 6.61 Å². The van der Waals surface area contributed by atoms with E-state index in [1.165, 1.54) is 6.07 Å². The van der Waals surface area contributed by atoms with Crippen LogP contribution < -0.4 is 4.74 Å². The summed E-state index contributed by atoms with van der Waals surface area (Å²) in [5, 5.41) is 9.51. The minimum Gasteiger partial charge on any atom is -0.438 e. The fourth-order valence-corrected chi connectivity index (χ4v) is 1.73. The van der Waals surface area contributed by atoms with Crippen LogP contribution in [0.2, 0.25) is 5.15 Å². The number of aromatic nitrogens is 2. The molecule has 2 aromatic rings. The van der Waals surface area contributed by atoms with Gasteiger partial charge in [-0.25, -0.2) is 4.98 Å². The molecule has 0 spiro atoms. The first kappa shape index (κ1) is 13.7. The molecule has 0 amide bonds. The Morgan fingerprint density at radius 3 is 2.79 bits per heavy atom. The average Bonchev–Trinajstić information content (AvgIpc) is 2.39. The minimum atomic E-state index is -0.111. The molecule has 0 unspecified atom stereocenters. The van der Waals surface area contributed by atoms with Crippen LogP contribution in [-0.4, -0.2) is 22.2 Å². The second-order valence-corrected chi connectivity index (χ2v) is 4.13. The van der Waals surface area contributed by atoms with E-state index in [1.54, 1.807) is 19.2 Å². The number of nitrogens with zero attached hydrogens (tertiary/aromatic N) is 2. The van der Waals surface area contributed by atoms with Gasteiger partial charge in [0.2, 0.25) is 5.88 Å².